The quantitative estimate of drug-likeness (QED) is 0.932. The minimum absolute atomic E-state index is 0.147. The van der Waals surface area contributed by atoms with Crippen molar-refractivity contribution in [2.45, 2.75) is 58.2 Å². The molecule has 1 aliphatic carbocycles. The Hall–Kier alpha value is -0.580. The maximum atomic E-state index is 6.47. The Kier molecular flexibility index (Phi) is 3.62. The first-order valence-electron chi connectivity index (χ1n) is 7.91. The summed E-state index contributed by atoms with van der Waals surface area (Å²) in [5.74, 6) is 0.814. The fourth-order valence-electron chi connectivity index (χ4n) is 3.62. The molecule has 1 aromatic heterocycles. The molecule has 0 aromatic carbocycles. The van der Waals surface area contributed by atoms with Crippen LogP contribution < -0.4 is 5.32 Å². The predicted molar refractivity (Wildman–Crippen MR) is 86.6 cm³/mol. The highest BCUT2D eigenvalue weighted by Crippen LogP contribution is 2.45. The van der Waals surface area contributed by atoms with Crippen molar-refractivity contribution in [1.82, 2.24) is 20.0 Å². The van der Waals surface area contributed by atoms with Crippen LogP contribution in [0.4, 0.5) is 0 Å². The van der Waals surface area contributed by atoms with E-state index in [-0.39, 0.29) is 11.1 Å². The van der Waals surface area contributed by atoms with Crippen LogP contribution in [0.1, 0.15) is 45.0 Å². The van der Waals surface area contributed by atoms with Crippen molar-refractivity contribution in [1.29, 1.82) is 0 Å². The predicted octanol–water partition coefficient (Wildman–Crippen LogP) is 2.73. The van der Waals surface area contributed by atoms with Crippen LogP contribution in [-0.2, 0) is 13.6 Å². The number of aryl methyl sites for hydroxylation is 2. The van der Waals surface area contributed by atoms with Gasteiger partial charge in [0.2, 0.25) is 0 Å². The van der Waals surface area contributed by atoms with Gasteiger partial charge in [0.15, 0.2) is 0 Å². The van der Waals surface area contributed by atoms with Crippen LogP contribution in [0.5, 0.6) is 0 Å². The highest BCUT2D eigenvalue weighted by atomic mass is 35.5. The number of nitrogens with zero attached hydrogens (tertiary/aromatic N) is 3. The average molecular weight is 311 g/mol. The number of rotatable bonds is 3. The lowest BCUT2D eigenvalue weighted by molar-refractivity contribution is 0.00358. The minimum atomic E-state index is 0.147. The van der Waals surface area contributed by atoms with E-state index < -0.39 is 0 Å². The lowest BCUT2D eigenvalue weighted by atomic mass is 9.86. The van der Waals surface area contributed by atoms with Crippen molar-refractivity contribution in [2.24, 2.45) is 13.0 Å². The number of halogens is 1. The Balaban J connectivity index is 1.89. The highest BCUT2D eigenvalue weighted by molar-refractivity contribution is 6.31. The van der Waals surface area contributed by atoms with E-state index in [1.165, 1.54) is 12.8 Å². The van der Waals surface area contributed by atoms with E-state index >= 15 is 0 Å². The van der Waals surface area contributed by atoms with Gasteiger partial charge < -0.3 is 5.32 Å². The Bertz CT molecular complexity index is 547. The number of piperazine rings is 1. The van der Waals surface area contributed by atoms with E-state index in [1.54, 1.807) is 0 Å². The Labute approximate surface area is 132 Å². The molecule has 1 aliphatic heterocycles. The summed E-state index contributed by atoms with van der Waals surface area (Å²) in [7, 11) is 2.00. The maximum Gasteiger partial charge on any atom is 0.0860 e. The SMILES string of the molecule is Cc1nn(C)c(CN2CC(C)(C)NCC2(C)C2CC2)c1Cl. The molecule has 2 fully saturated rings. The first kappa shape index (κ1) is 15.3. The molecule has 3 rings (SSSR count). The van der Waals surface area contributed by atoms with E-state index in [4.69, 9.17) is 11.6 Å². The van der Waals surface area contributed by atoms with E-state index in [0.29, 0.717) is 0 Å². The van der Waals surface area contributed by atoms with Crippen molar-refractivity contribution in [3.63, 3.8) is 0 Å². The topological polar surface area (TPSA) is 33.1 Å². The van der Waals surface area contributed by atoms with Crippen molar-refractivity contribution in [3.8, 4) is 0 Å². The number of aromatic nitrogens is 2. The van der Waals surface area contributed by atoms with Gasteiger partial charge in [-0.05, 0) is 46.5 Å². The van der Waals surface area contributed by atoms with Crippen LogP contribution in [0.15, 0.2) is 0 Å². The first-order chi connectivity index (χ1) is 9.73. The van der Waals surface area contributed by atoms with Crippen LogP contribution in [0.3, 0.4) is 0 Å². The van der Waals surface area contributed by atoms with Gasteiger partial charge in [-0.1, -0.05) is 11.6 Å². The molecule has 1 aromatic rings. The molecule has 118 valence electrons. The normalized spacial score (nSPS) is 29.8. The molecule has 1 saturated carbocycles. The molecule has 1 N–H and O–H groups in total. The molecule has 1 saturated heterocycles. The van der Waals surface area contributed by atoms with Crippen LogP contribution in [0.2, 0.25) is 5.02 Å². The van der Waals surface area contributed by atoms with Gasteiger partial charge in [0.05, 0.1) is 16.4 Å². The maximum absolute atomic E-state index is 6.47. The summed E-state index contributed by atoms with van der Waals surface area (Å²) >= 11 is 6.47. The summed E-state index contributed by atoms with van der Waals surface area (Å²) in [6, 6.07) is 0. The molecule has 1 atom stereocenters. The monoisotopic (exact) mass is 310 g/mol. The molecule has 0 amide bonds. The van der Waals surface area contributed by atoms with Crippen LogP contribution in [0.25, 0.3) is 0 Å². The fraction of sp³-hybridized carbons (Fsp3) is 0.812. The van der Waals surface area contributed by atoms with Gasteiger partial charge in [-0.3, -0.25) is 9.58 Å². The smallest absolute Gasteiger partial charge is 0.0860 e. The lowest BCUT2D eigenvalue weighted by Crippen LogP contribution is -2.67. The standard InChI is InChI=1S/C16H27ClN4/c1-11-14(17)13(20(5)19-11)8-21-10-15(2,3)18-9-16(21,4)12-6-7-12/h12,18H,6-10H2,1-5H3. The fourth-order valence-corrected chi connectivity index (χ4v) is 3.84. The van der Waals surface area contributed by atoms with E-state index in [9.17, 15) is 0 Å². The second-order valence-electron chi connectivity index (χ2n) is 7.69. The van der Waals surface area contributed by atoms with Crippen LogP contribution >= 0.6 is 11.6 Å². The van der Waals surface area contributed by atoms with Gasteiger partial charge in [-0.2, -0.15) is 5.10 Å². The molecular formula is C16H27ClN4. The molecule has 2 aliphatic rings. The average Bonchev–Trinajstić information content (AvgIpc) is 3.20. The largest absolute Gasteiger partial charge is 0.309 e. The number of nitrogens with one attached hydrogen (secondary N) is 1. The van der Waals surface area contributed by atoms with E-state index in [2.05, 4.69) is 36.1 Å². The molecule has 5 heteroatoms. The summed E-state index contributed by atoms with van der Waals surface area (Å²) in [6.45, 7) is 11.9. The van der Waals surface area contributed by atoms with Crippen molar-refractivity contribution < 1.29 is 0 Å². The van der Waals surface area contributed by atoms with E-state index in [1.807, 2.05) is 18.7 Å². The van der Waals surface area contributed by atoms with Gasteiger partial charge in [-0.15, -0.1) is 0 Å². The van der Waals surface area contributed by atoms with E-state index in [0.717, 1.165) is 42.0 Å². The highest BCUT2D eigenvalue weighted by Gasteiger charge is 2.49. The first-order valence-corrected chi connectivity index (χ1v) is 8.29. The second-order valence-corrected chi connectivity index (χ2v) is 8.07. The van der Waals surface area contributed by atoms with Crippen molar-refractivity contribution in [3.05, 3.63) is 16.4 Å². The minimum Gasteiger partial charge on any atom is -0.309 e. The zero-order chi connectivity index (χ0) is 15.4. The molecule has 0 radical (unpaired) electrons. The Morgan fingerprint density at radius 2 is 2.00 bits per heavy atom. The molecule has 21 heavy (non-hydrogen) atoms. The third-order valence-electron chi connectivity index (χ3n) is 5.29. The third-order valence-corrected chi connectivity index (χ3v) is 5.78. The Morgan fingerprint density at radius 3 is 2.52 bits per heavy atom. The molecule has 4 nitrogen and oxygen atoms in total. The molecule has 0 spiro atoms. The summed E-state index contributed by atoms with van der Waals surface area (Å²) in [5.41, 5.74) is 2.45. The molecular weight excluding hydrogens is 284 g/mol. The third kappa shape index (κ3) is 2.73. The number of hydrogen-bond acceptors (Lipinski definition) is 3. The summed E-state index contributed by atoms with van der Waals surface area (Å²) in [5, 5.41) is 9.01. The van der Waals surface area contributed by atoms with Gasteiger partial charge in [0.1, 0.15) is 0 Å². The van der Waals surface area contributed by atoms with Gasteiger partial charge in [0, 0.05) is 37.8 Å². The van der Waals surface area contributed by atoms with Gasteiger partial charge in [0.25, 0.3) is 0 Å². The Morgan fingerprint density at radius 1 is 1.33 bits per heavy atom. The van der Waals surface area contributed by atoms with Crippen molar-refractivity contribution in [2.75, 3.05) is 13.1 Å². The summed E-state index contributed by atoms with van der Waals surface area (Å²) in [4.78, 5) is 2.63. The van der Waals surface area contributed by atoms with Crippen LogP contribution in [-0.4, -0.2) is 38.8 Å². The van der Waals surface area contributed by atoms with Gasteiger partial charge >= 0.3 is 0 Å². The second kappa shape index (κ2) is 4.97. The lowest BCUT2D eigenvalue weighted by Gasteiger charge is -2.51. The zero-order valence-electron chi connectivity index (χ0n) is 13.8. The summed E-state index contributed by atoms with van der Waals surface area (Å²) < 4.78 is 1.94. The molecule has 0 bridgehead atoms. The van der Waals surface area contributed by atoms with Gasteiger partial charge in [-0.25, -0.2) is 0 Å². The molecule has 2 heterocycles. The molecule has 1 unspecified atom stereocenters. The summed E-state index contributed by atoms with van der Waals surface area (Å²) in [6.07, 6.45) is 2.71. The van der Waals surface area contributed by atoms with Crippen molar-refractivity contribution >= 4 is 11.6 Å². The van der Waals surface area contributed by atoms with Crippen LogP contribution in [0, 0.1) is 12.8 Å². The zero-order valence-corrected chi connectivity index (χ0v) is 14.6. The number of hydrogen-bond donors (Lipinski definition) is 1.